The molecule has 1 aromatic heterocycles. The quantitative estimate of drug-likeness (QED) is 0.369. The summed E-state index contributed by atoms with van der Waals surface area (Å²) in [5.41, 5.74) is 3.44. The second-order valence-electron chi connectivity index (χ2n) is 9.95. The first-order valence-corrected chi connectivity index (χ1v) is 13.3. The first kappa shape index (κ1) is 28.0. The summed E-state index contributed by atoms with van der Waals surface area (Å²) >= 11 is 0. The van der Waals surface area contributed by atoms with Gasteiger partial charge in [-0.05, 0) is 50.4 Å². The first-order chi connectivity index (χ1) is 20.3. The van der Waals surface area contributed by atoms with Crippen LogP contribution in [-0.2, 0) is 20.9 Å². The smallest absolute Gasteiger partial charge is 0.251 e. The standard InChI is InChI=1S/C31H28N8O3/c1-19(34-3)30(41)35-25-18-37(20(2)40)29-14-21(15-32)12-13-28(29)38(31(25)42)17-24-23-9-5-7-11-27(23)39(36-24)26-10-6-4-8-22(26)16-33/h4-14,19,25,34H,17-18H2,1-3H3,(H,35,41)/t19-,25-/m0/s1. The Balaban J connectivity index is 1.67. The third-order valence-corrected chi connectivity index (χ3v) is 7.36. The minimum Gasteiger partial charge on any atom is -0.341 e. The number of nitriles is 2. The van der Waals surface area contributed by atoms with Gasteiger partial charge in [0.25, 0.3) is 5.91 Å². The summed E-state index contributed by atoms with van der Waals surface area (Å²) in [6.07, 6.45) is 0. The van der Waals surface area contributed by atoms with Crippen LogP contribution in [0.1, 0.15) is 30.7 Å². The number of carbonyl (C=O) groups excluding carboxylic acids is 3. The van der Waals surface area contributed by atoms with Crippen LogP contribution in [-0.4, -0.2) is 53.2 Å². The summed E-state index contributed by atoms with van der Waals surface area (Å²) in [4.78, 5) is 42.8. The molecule has 2 atom stereocenters. The van der Waals surface area contributed by atoms with E-state index in [1.165, 1.54) is 16.7 Å². The van der Waals surface area contributed by atoms with E-state index in [0.717, 1.165) is 10.9 Å². The predicted molar refractivity (Wildman–Crippen MR) is 157 cm³/mol. The molecule has 3 amide bonds. The van der Waals surface area contributed by atoms with Gasteiger partial charge < -0.3 is 20.4 Å². The van der Waals surface area contributed by atoms with Gasteiger partial charge in [-0.15, -0.1) is 0 Å². The number of para-hydroxylation sites is 2. The third kappa shape index (κ3) is 5.05. The molecule has 1 aliphatic rings. The SMILES string of the molecule is CN[C@@H](C)C(=O)N[C@H]1CN(C(C)=O)c2cc(C#N)ccc2N(Cc2nn(-c3ccccc3C#N)c3ccccc23)C1=O. The summed E-state index contributed by atoms with van der Waals surface area (Å²) < 4.78 is 1.68. The summed E-state index contributed by atoms with van der Waals surface area (Å²) in [5.74, 6) is -1.17. The number of hydrogen-bond acceptors (Lipinski definition) is 7. The topological polar surface area (TPSA) is 147 Å². The Morgan fingerprint density at radius 2 is 1.76 bits per heavy atom. The number of fused-ring (bicyclic) bond motifs is 2. The van der Waals surface area contributed by atoms with Crippen molar-refractivity contribution in [2.24, 2.45) is 0 Å². The molecule has 4 aromatic rings. The molecule has 0 saturated heterocycles. The number of aromatic nitrogens is 2. The second kappa shape index (κ2) is 11.5. The van der Waals surface area contributed by atoms with Crippen LogP contribution in [0.2, 0.25) is 0 Å². The van der Waals surface area contributed by atoms with Crippen LogP contribution in [0.4, 0.5) is 11.4 Å². The molecule has 0 aliphatic carbocycles. The van der Waals surface area contributed by atoms with Gasteiger partial charge in [0.15, 0.2) is 0 Å². The van der Waals surface area contributed by atoms with Crippen LogP contribution < -0.4 is 20.4 Å². The summed E-state index contributed by atoms with van der Waals surface area (Å²) in [6.45, 7) is 2.93. The summed E-state index contributed by atoms with van der Waals surface area (Å²) in [6, 6.07) is 22.1. The van der Waals surface area contributed by atoms with Crippen LogP contribution in [0.5, 0.6) is 0 Å². The van der Waals surface area contributed by atoms with E-state index in [4.69, 9.17) is 5.10 Å². The van der Waals surface area contributed by atoms with Crippen molar-refractivity contribution in [3.63, 3.8) is 0 Å². The van der Waals surface area contributed by atoms with Gasteiger partial charge in [-0.3, -0.25) is 14.4 Å². The van der Waals surface area contributed by atoms with Gasteiger partial charge >= 0.3 is 0 Å². The average molecular weight is 561 g/mol. The first-order valence-electron chi connectivity index (χ1n) is 13.3. The highest BCUT2D eigenvalue weighted by Crippen LogP contribution is 2.36. The highest BCUT2D eigenvalue weighted by molar-refractivity contribution is 6.08. The van der Waals surface area contributed by atoms with Crippen molar-refractivity contribution in [3.8, 4) is 17.8 Å². The Bertz CT molecular complexity index is 1800. The van der Waals surface area contributed by atoms with Crippen molar-refractivity contribution >= 4 is 40.0 Å². The number of carbonyl (C=O) groups is 3. The molecule has 0 radical (unpaired) electrons. The zero-order valence-corrected chi connectivity index (χ0v) is 23.3. The zero-order chi connectivity index (χ0) is 30.0. The molecule has 2 heterocycles. The number of likely N-dealkylation sites (N-methyl/N-ethyl adjacent to an activating group) is 1. The highest BCUT2D eigenvalue weighted by Gasteiger charge is 2.37. The van der Waals surface area contributed by atoms with Gasteiger partial charge in [-0.1, -0.05) is 30.3 Å². The lowest BCUT2D eigenvalue weighted by Gasteiger charge is -2.25. The Morgan fingerprint density at radius 1 is 1.02 bits per heavy atom. The molecule has 11 nitrogen and oxygen atoms in total. The van der Waals surface area contributed by atoms with E-state index in [0.29, 0.717) is 33.9 Å². The summed E-state index contributed by atoms with van der Waals surface area (Å²) in [5, 5.41) is 30.6. The van der Waals surface area contributed by atoms with Gasteiger partial charge in [0.05, 0.1) is 64.6 Å². The van der Waals surface area contributed by atoms with Crippen molar-refractivity contribution < 1.29 is 14.4 Å². The lowest BCUT2D eigenvalue weighted by atomic mass is 10.1. The summed E-state index contributed by atoms with van der Waals surface area (Å²) in [7, 11) is 1.64. The minimum atomic E-state index is -1.07. The Labute approximate surface area is 242 Å². The molecule has 2 N–H and O–H groups in total. The van der Waals surface area contributed by atoms with Crippen molar-refractivity contribution in [2.45, 2.75) is 32.5 Å². The average Bonchev–Trinajstić information content (AvgIpc) is 3.33. The van der Waals surface area contributed by atoms with E-state index in [-0.39, 0.29) is 19.0 Å². The molecule has 3 aromatic carbocycles. The van der Waals surface area contributed by atoms with Gasteiger partial charge in [-0.25, -0.2) is 4.68 Å². The maximum Gasteiger partial charge on any atom is 0.251 e. The van der Waals surface area contributed by atoms with E-state index in [1.54, 1.807) is 55.1 Å². The predicted octanol–water partition coefficient (Wildman–Crippen LogP) is 2.76. The molecular weight excluding hydrogens is 532 g/mol. The van der Waals surface area contributed by atoms with Crippen molar-refractivity contribution in [2.75, 3.05) is 23.4 Å². The van der Waals surface area contributed by atoms with Crippen molar-refractivity contribution in [1.82, 2.24) is 20.4 Å². The molecule has 5 rings (SSSR count). The zero-order valence-electron chi connectivity index (χ0n) is 23.3. The van der Waals surface area contributed by atoms with Gasteiger partial charge in [-0.2, -0.15) is 15.6 Å². The highest BCUT2D eigenvalue weighted by atomic mass is 16.2. The molecule has 0 spiro atoms. The lowest BCUT2D eigenvalue weighted by Crippen LogP contribution is -2.55. The van der Waals surface area contributed by atoms with Crippen LogP contribution in [0, 0.1) is 22.7 Å². The monoisotopic (exact) mass is 560 g/mol. The number of anilines is 2. The van der Waals surface area contributed by atoms with Crippen molar-refractivity contribution in [1.29, 1.82) is 10.5 Å². The Kier molecular flexibility index (Phi) is 7.69. The second-order valence-corrected chi connectivity index (χ2v) is 9.95. The van der Waals surface area contributed by atoms with Crippen LogP contribution >= 0.6 is 0 Å². The van der Waals surface area contributed by atoms with Crippen LogP contribution in [0.25, 0.3) is 16.6 Å². The van der Waals surface area contributed by atoms with E-state index in [2.05, 4.69) is 22.8 Å². The van der Waals surface area contributed by atoms with Gasteiger partial charge in [0, 0.05) is 12.3 Å². The maximum absolute atomic E-state index is 14.2. The molecule has 0 fully saturated rings. The fourth-order valence-corrected chi connectivity index (χ4v) is 5.03. The number of nitrogens with zero attached hydrogens (tertiary/aromatic N) is 6. The molecule has 42 heavy (non-hydrogen) atoms. The molecule has 0 unspecified atom stereocenters. The third-order valence-electron chi connectivity index (χ3n) is 7.36. The number of benzene rings is 3. The number of rotatable bonds is 6. The molecule has 210 valence electrons. The van der Waals surface area contributed by atoms with E-state index in [9.17, 15) is 24.9 Å². The number of amides is 3. The Morgan fingerprint density at radius 3 is 2.48 bits per heavy atom. The largest absolute Gasteiger partial charge is 0.341 e. The molecular formula is C31H28N8O3. The normalized spacial score (nSPS) is 15.4. The number of nitrogens with one attached hydrogen (secondary N) is 2. The van der Waals surface area contributed by atoms with E-state index in [1.807, 2.05) is 30.3 Å². The minimum absolute atomic E-state index is 0.000333. The van der Waals surface area contributed by atoms with Crippen molar-refractivity contribution in [3.05, 3.63) is 83.6 Å². The van der Waals surface area contributed by atoms with Crippen LogP contribution in [0.15, 0.2) is 66.7 Å². The van der Waals surface area contributed by atoms with E-state index < -0.39 is 23.9 Å². The molecule has 11 heteroatoms. The van der Waals surface area contributed by atoms with Crippen LogP contribution in [0.3, 0.4) is 0 Å². The Hall–Kier alpha value is -5.52. The van der Waals surface area contributed by atoms with Gasteiger partial charge in [0.1, 0.15) is 12.1 Å². The fourth-order valence-electron chi connectivity index (χ4n) is 5.03. The molecule has 0 bridgehead atoms. The lowest BCUT2D eigenvalue weighted by molar-refractivity contribution is -0.128. The number of hydrogen-bond donors (Lipinski definition) is 2. The van der Waals surface area contributed by atoms with Gasteiger partial charge in [0.2, 0.25) is 11.8 Å². The fraction of sp³-hybridized carbons (Fsp3) is 0.226. The molecule has 0 saturated carbocycles. The van der Waals surface area contributed by atoms with E-state index >= 15 is 0 Å². The molecule has 1 aliphatic heterocycles. The maximum atomic E-state index is 14.2.